The Morgan fingerprint density at radius 1 is 0.347 bits per heavy atom. The molecule has 0 aromatic rings. The van der Waals surface area contributed by atoms with E-state index in [2.05, 4.69) is 65.8 Å². The van der Waals surface area contributed by atoms with Crippen LogP contribution in [0.5, 0.6) is 0 Å². The number of phosphoric acid groups is 2. The van der Waals surface area contributed by atoms with Gasteiger partial charge in [0.2, 0.25) is 0 Å². The molecule has 0 aliphatic heterocycles. The monoisotopic (exact) mass is 1390 g/mol. The van der Waals surface area contributed by atoms with E-state index in [9.17, 15) is 43.2 Å². The van der Waals surface area contributed by atoms with Gasteiger partial charge in [-0.3, -0.25) is 37.3 Å². The molecule has 0 bridgehead atoms. The largest absolute Gasteiger partial charge is 0.472 e. The second-order valence-electron chi connectivity index (χ2n) is 27.4. The molecule has 0 aromatic heterocycles. The molecule has 0 spiro atoms. The van der Waals surface area contributed by atoms with Crippen molar-refractivity contribution < 1.29 is 80.2 Å². The van der Waals surface area contributed by atoms with Gasteiger partial charge in [-0.05, 0) is 63.2 Å². The molecule has 17 nitrogen and oxygen atoms in total. The summed E-state index contributed by atoms with van der Waals surface area (Å²) in [5.41, 5.74) is 0. The molecule has 0 heterocycles. The normalized spacial score (nSPS) is 14.5. The van der Waals surface area contributed by atoms with Crippen molar-refractivity contribution in [2.24, 2.45) is 11.8 Å². The van der Waals surface area contributed by atoms with Crippen molar-refractivity contribution in [1.29, 1.82) is 0 Å². The van der Waals surface area contributed by atoms with Gasteiger partial charge >= 0.3 is 39.5 Å². The van der Waals surface area contributed by atoms with Crippen molar-refractivity contribution in [3.05, 3.63) is 24.3 Å². The van der Waals surface area contributed by atoms with E-state index in [4.69, 9.17) is 37.0 Å². The Kier molecular flexibility index (Phi) is 65.6. The fourth-order valence-electron chi connectivity index (χ4n) is 11.1. The van der Waals surface area contributed by atoms with Crippen molar-refractivity contribution >= 4 is 39.5 Å². The summed E-state index contributed by atoms with van der Waals surface area (Å²) in [5.74, 6) is -0.546. The van der Waals surface area contributed by atoms with Gasteiger partial charge in [-0.1, -0.05) is 316 Å². The Bertz CT molecular complexity index is 1930. The van der Waals surface area contributed by atoms with Crippen molar-refractivity contribution in [3.63, 3.8) is 0 Å². The lowest BCUT2D eigenvalue weighted by atomic mass is 9.99. The van der Waals surface area contributed by atoms with Gasteiger partial charge in [0.15, 0.2) is 12.2 Å². The van der Waals surface area contributed by atoms with E-state index in [0.29, 0.717) is 25.7 Å². The highest BCUT2D eigenvalue weighted by atomic mass is 31.2. The summed E-state index contributed by atoms with van der Waals surface area (Å²) >= 11 is 0. The number of hydrogen-bond donors (Lipinski definition) is 3. The first-order valence-corrected chi connectivity index (χ1v) is 41.8. The molecule has 0 fully saturated rings. The third kappa shape index (κ3) is 68.5. The smallest absolute Gasteiger partial charge is 0.462 e. The maximum Gasteiger partial charge on any atom is 0.472 e. The number of aliphatic hydroxyl groups excluding tert-OH is 1. The van der Waals surface area contributed by atoms with Crippen LogP contribution in [0.4, 0.5) is 0 Å². The molecule has 19 heteroatoms. The number of phosphoric ester groups is 2. The molecule has 0 saturated carbocycles. The number of unbranched alkanes of at least 4 members (excludes halogenated alkanes) is 39. The summed E-state index contributed by atoms with van der Waals surface area (Å²) < 4.78 is 68.4. The molecule has 0 radical (unpaired) electrons. The molecule has 0 aliphatic carbocycles. The zero-order valence-corrected chi connectivity index (χ0v) is 63.2. The van der Waals surface area contributed by atoms with E-state index < -0.39 is 97.5 Å². The standard InChI is InChI=1S/C76H144O17P2/c1-7-10-12-14-16-18-19-20-22-26-29-35-41-47-53-59-74(79)87-65-72(93-75(80)60-54-48-42-36-30-27-24-21-23-25-28-33-38-44-50-56-68(4)5)67-91-95(84,85)89-63-70(77)62-88-94(82,83)90-66-71(64-86-73(78)58-52-46-40-17-15-13-11-8-2)92-76(81)61-55-49-43-37-32-31-34-39-45-51-57-69(6)9-3/h18-20,22,68-72,77H,7-17,21,23-67H2,1-6H3,(H,82,83)(H,84,85)/b19-18-,22-20-/t69?,70-,71+,72+/m0/s1. The number of aliphatic hydroxyl groups is 1. The van der Waals surface area contributed by atoms with E-state index in [1.807, 2.05) is 0 Å². The Morgan fingerprint density at radius 3 is 0.947 bits per heavy atom. The fourth-order valence-corrected chi connectivity index (χ4v) is 12.7. The summed E-state index contributed by atoms with van der Waals surface area (Å²) in [6, 6.07) is 0. The predicted molar refractivity (Wildman–Crippen MR) is 386 cm³/mol. The molecular weight excluding hydrogens is 1250 g/mol. The topological polar surface area (TPSA) is 237 Å². The fraction of sp³-hybridized carbons (Fsp3) is 0.895. The highest BCUT2D eigenvalue weighted by molar-refractivity contribution is 7.47. The molecule has 6 atom stereocenters. The average molecular weight is 1390 g/mol. The van der Waals surface area contributed by atoms with Gasteiger partial charge in [-0.25, -0.2) is 9.13 Å². The van der Waals surface area contributed by atoms with E-state index in [-0.39, 0.29) is 25.7 Å². The highest BCUT2D eigenvalue weighted by Crippen LogP contribution is 2.45. The molecule has 0 rings (SSSR count). The number of esters is 4. The molecule has 560 valence electrons. The minimum atomic E-state index is -4.96. The summed E-state index contributed by atoms with van der Waals surface area (Å²) in [6.45, 7) is 9.55. The number of carbonyl (C=O) groups excluding carboxylic acids is 4. The van der Waals surface area contributed by atoms with Crippen molar-refractivity contribution in [1.82, 2.24) is 0 Å². The molecule has 3 N–H and O–H groups in total. The molecule has 0 amide bonds. The van der Waals surface area contributed by atoms with Crippen LogP contribution < -0.4 is 0 Å². The van der Waals surface area contributed by atoms with Crippen LogP contribution in [0.25, 0.3) is 0 Å². The molecule has 95 heavy (non-hydrogen) atoms. The van der Waals surface area contributed by atoms with E-state index in [0.717, 1.165) is 127 Å². The number of ether oxygens (including phenoxy) is 4. The van der Waals surface area contributed by atoms with Crippen LogP contribution in [0.3, 0.4) is 0 Å². The third-order valence-corrected chi connectivity index (χ3v) is 19.3. The van der Waals surface area contributed by atoms with Gasteiger partial charge in [0.1, 0.15) is 19.3 Å². The Labute approximate surface area is 580 Å². The Hall–Kier alpha value is -2.46. The second kappa shape index (κ2) is 67.4. The Morgan fingerprint density at radius 2 is 0.621 bits per heavy atom. The third-order valence-electron chi connectivity index (χ3n) is 17.4. The van der Waals surface area contributed by atoms with Gasteiger partial charge in [-0.15, -0.1) is 0 Å². The molecule has 0 aliphatic rings. The molecule has 0 aromatic carbocycles. The molecular formula is C76H144O17P2. The maximum absolute atomic E-state index is 13.1. The van der Waals surface area contributed by atoms with Crippen molar-refractivity contribution in [2.75, 3.05) is 39.6 Å². The minimum Gasteiger partial charge on any atom is -0.462 e. The quantitative estimate of drug-likeness (QED) is 0.0169. The summed E-state index contributed by atoms with van der Waals surface area (Å²) in [4.78, 5) is 72.7. The van der Waals surface area contributed by atoms with Crippen LogP contribution in [-0.2, 0) is 65.4 Å². The van der Waals surface area contributed by atoms with Gasteiger partial charge in [0.25, 0.3) is 0 Å². The van der Waals surface area contributed by atoms with E-state index in [1.165, 1.54) is 161 Å². The zero-order chi connectivity index (χ0) is 70.0. The van der Waals surface area contributed by atoms with Crippen LogP contribution in [-0.4, -0.2) is 96.7 Å². The summed E-state index contributed by atoms with van der Waals surface area (Å²) in [7, 11) is -9.92. The first-order valence-electron chi connectivity index (χ1n) is 38.8. The summed E-state index contributed by atoms with van der Waals surface area (Å²) in [6.07, 6.45) is 57.6. The lowest BCUT2D eigenvalue weighted by Gasteiger charge is -2.21. The number of carbonyl (C=O) groups is 4. The van der Waals surface area contributed by atoms with E-state index >= 15 is 0 Å². The van der Waals surface area contributed by atoms with Gasteiger partial charge in [0, 0.05) is 25.7 Å². The van der Waals surface area contributed by atoms with Crippen LogP contribution in [0, 0.1) is 11.8 Å². The second-order valence-corrected chi connectivity index (χ2v) is 30.3. The average Bonchev–Trinajstić information content (AvgIpc) is 1.84. The zero-order valence-electron chi connectivity index (χ0n) is 61.5. The first-order chi connectivity index (χ1) is 45.9. The predicted octanol–water partition coefficient (Wildman–Crippen LogP) is 21.9. The van der Waals surface area contributed by atoms with Crippen LogP contribution in [0.1, 0.15) is 369 Å². The molecule has 0 saturated heterocycles. The maximum atomic E-state index is 13.1. The van der Waals surface area contributed by atoms with Gasteiger partial charge < -0.3 is 33.8 Å². The highest BCUT2D eigenvalue weighted by Gasteiger charge is 2.30. The minimum absolute atomic E-state index is 0.101. The number of allylic oxidation sites excluding steroid dienone is 4. The van der Waals surface area contributed by atoms with E-state index in [1.54, 1.807) is 0 Å². The first kappa shape index (κ1) is 92.5. The van der Waals surface area contributed by atoms with Crippen molar-refractivity contribution in [2.45, 2.75) is 387 Å². The number of hydrogen-bond acceptors (Lipinski definition) is 15. The number of rotatable bonds is 73. The Balaban J connectivity index is 5.26. The summed E-state index contributed by atoms with van der Waals surface area (Å²) in [5, 5.41) is 10.6. The SMILES string of the molecule is CCCCCC/C=C\C=C/CCCCCCCC(=O)OC[C@H](COP(=O)(O)OC[C@@H](O)COP(=O)(O)OC[C@@H](COC(=O)CCCCCCCCCC)OC(=O)CCCCCCCCCCCCC(C)CC)OC(=O)CCCCCCCCCCCCCCCCCC(C)C. The lowest BCUT2D eigenvalue weighted by Crippen LogP contribution is -2.30. The van der Waals surface area contributed by atoms with Crippen LogP contribution in [0.2, 0.25) is 0 Å². The lowest BCUT2D eigenvalue weighted by molar-refractivity contribution is -0.161. The van der Waals surface area contributed by atoms with Gasteiger partial charge in [-0.2, -0.15) is 0 Å². The molecule has 3 unspecified atom stereocenters. The van der Waals surface area contributed by atoms with Crippen LogP contribution in [0.15, 0.2) is 24.3 Å². The van der Waals surface area contributed by atoms with Crippen LogP contribution >= 0.6 is 15.6 Å². The van der Waals surface area contributed by atoms with Crippen molar-refractivity contribution in [3.8, 4) is 0 Å². The van der Waals surface area contributed by atoms with Gasteiger partial charge in [0.05, 0.1) is 26.4 Å².